The molecule has 60 valence electrons. The van der Waals surface area contributed by atoms with Crippen LogP contribution < -0.4 is 5.73 Å². The van der Waals surface area contributed by atoms with Gasteiger partial charge in [0.2, 0.25) is 0 Å². The van der Waals surface area contributed by atoms with Gasteiger partial charge in [-0.1, -0.05) is 11.6 Å². The van der Waals surface area contributed by atoms with Crippen molar-refractivity contribution in [1.82, 2.24) is 0 Å². The molecular formula is C8H17NO. The number of rotatable bonds is 4. The van der Waals surface area contributed by atoms with Gasteiger partial charge in [-0.2, -0.15) is 0 Å². The summed E-state index contributed by atoms with van der Waals surface area (Å²) in [6, 6.07) is 0.0601. The number of hydrogen-bond acceptors (Lipinski definition) is 2. The molecule has 1 unspecified atom stereocenters. The Morgan fingerprint density at radius 3 is 2.60 bits per heavy atom. The van der Waals surface area contributed by atoms with Crippen LogP contribution in [0.4, 0.5) is 0 Å². The van der Waals surface area contributed by atoms with Gasteiger partial charge in [0.05, 0.1) is 6.61 Å². The molecule has 0 saturated heterocycles. The first-order chi connectivity index (χ1) is 4.66. The van der Waals surface area contributed by atoms with E-state index in [-0.39, 0.29) is 6.04 Å². The summed E-state index contributed by atoms with van der Waals surface area (Å²) in [5.41, 5.74) is 6.90. The molecule has 2 heteroatoms. The monoisotopic (exact) mass is 143 g/mol. The molecule has 0 aliphatic rings. The van der Waals surface area contributed by atoms with Crippen molar-refractivity contribution in [1.29, 1.82) is 0 Å². The first kappa shape index (κ1) is 9.66. The minimum atomic E-state index is 0.0601. The second-order valence-electron chi connectivity index (χ2n) is 2.57. The van der Waals surface area contributed by atoms with E-state index >= 15 is 0 Å². The Bertz CT molecular complexity index is 106. The van der Waals surface area contributed by atoms with E-state index in [4.69, 9.17) is 10.5 Å². The van der Waals surface area contributed by atoms with Crippen molar-refractivity contribution in [3.63, 3.8) is 0 Å². The Balaban J connectivity index is 3.43. The summed E-state index contributed by atoms with van der Waals surface area (Å²) in [6.07, 6.45) is 2.01. The summed E-state index contributed by atoms with van der Waals surface area (Å²) >= 11 is 0. The molecule has 2 N–H and O–H groups in total. The van der Waals surface area contributed by atoms with E-state index in [2.05, 4.69) is 0 Å². The van der Waals surface area contributed by atoms with Crippen molar-refractivity contribution >= 4 is 0 Å². The molecule has 0 spiro atoms. The lowest BCUT2D eigenvalue weighted by Gasteiger charge is -2.06. The summed E-state index contributed by atoms with van der Waals surface area (Å²) in [5, 5.41) is 0. The highest BCUT2D eigenvalue weighted by atomic mass is 16.5. The van der Waals surface area contributed by atoms with Crippen LogP contribution in [0.3, 0.4) is 0 Å². The van der Waals surface area contributed by atoms with Crippen molar-refractivity contribution < 1.29 is 4.74 Å². The molecule has 0 rings (SSSR count). The highest BCUT2D eigenvalue weighted by molar-refractivity contribution is 4.99. The first-order valence-electron chi connectivity index (χ1n) is 3.65. The van der Waals surface area contributed by atoms with E-state index in [1.54, 1.807) is 0 Å². The van der Waals surface area contributed by atoms with Crippen LogP contribution in [0.25, 0.3) is 0 Å². The Morgan fingerprint density at radius 2 is 2.20 bits per heavy atom. The molecule has 0 aromatic rings. The zero-order valence-corrected chi connectivity index (χ0v) is 7.05. The van der Waals surface area contributed by atoms with Crippen LogP contribution in [0.15, 0.2) is 11.6 Å². The van der Waals surface area contributed by atoms with Crippen LogP contribution in [0.2, 0.25) is 0 Å². The summed E-state index contributed by atoms with van der Waals surface area (Å²) in [7, 11) is 0. The van der Waals surface area contributed by atoms with Gasteiger partial charge in [-0.3, -0.25) is 0 Å². The highest BCUT2D eigenvalue weighted by Gasteiger charge is 1.95. The summed E-state index contributed by atoms with van der Waals surface area (Å²) in [4.78, 5) is 0. The van der Waals surface area contributed by atoms with Gasteiger partial charge >= 0.3 is 0 Å². The van der Waals surface area contributed by atoms with Gasteiger partial charge in [0.1, 0.15) is 0 Å². The predicted octanol–water partition coefficient (Wildman–Crippen LogP) is 1.32. The first-order valence-corrected chi connectivity index (χ1v) is 3.65. The fourth-order valence-electron chi connectivity index (χ4n) is 0.730. The minimum absolute atomic E-state index is 0.0601. The largest absolute Gasteiger partial charge is 0.380 e. The topological polar surface area (TPSA) is 35.2 Å². The van der Waals surface area contributed by atoms with Gasteiger partial charge in [-0.15, -0.1) is 0 Å². The standard InChI is InChI=1S/C8H17NO/c1-4-10-6-8(9)5-7(2)3/h5,8H,4,6,9H2,1-3H3. The van der Waals surface area contributed by atoms with Crippen LogP contribution in [0, 0.1) is 0 Å². The minimum Gasteiger partial charge on any atom is -0.380 e. The fraction of sp³-hybridized carbons (Fsp3) is 0.750. The van der Waals surface area contributed by atoms with Crippen molar-refractivity contribution in [2.45, 2.75) is 26.8 Å². The summed E-state index contributed by atoms with van der Waals surface area (Å²) in [6.45, 7) is 7.40. The summed E-state index contributed by atoms with van der Waals surface area (Å²) in [5.74, 6) is 0. The van der Waals surface area contributed by atoms with Gasteiger partial charge in [0, 0.05) is 12.6 Å². The third kappa shape index (κ3) is 5.79. The number of hydrogen-bond donors (Lipinski definition) is 1. The smallest absolute Gasteiger partial charge is 0.0653 e. The Labute approximate surface area is 63.1 Å². The van der Waals surface area contributed by atoms with Crippen LogP contribution in [0.1, 0.15) is 20.8 Å². The lowest BCUT2D eigenvalue weighted by atomic mass is 10.2. The Hall–Kier alpha value is -0.340. The van der Waals surface area contributed by atoms with Crippen molar-refractivity contribution in [2.24, 2.45) is 5.73 Å². The van der Waals surface area contributed by atoms with Crippen molar-refractivity contribution in [3.8, 4) is 0 Å². The number of ether oxygens (including phenoxy) is 1. The SMILES string of the molecule is CCOCC(N)C=C(C)C. The second-order valence-corrected chi connectivity index (χ2v) is 2.57. The van der Waals surface area contributed by atoms with Crippen LogP contribution >= 0.6 is 0 Å². The molecule has 0 amide bonds. The molecule has 0 radical (unpaired) electrons. The molecule has 0 heterocycles. The maximum atomic E-state index is 5.66. The third-order valence-electron chi connectivity index (χ3n) is 1.06. The maximum absolute atomic E-state index is 5.66. The second kappa shape index (κ2) is 5.45. The molecule has 0 aliphatic heterocycles. The third-order valence-corrected chi connectivity index (χ3v) is 1.06. The predicted molar refractivity (Wildman–Crippen MR) is 43.9 cm³/mol. The lowest BCUT2D eigenvalue weighted by Crippen LogP contribution is -2.23. The summed E-state index contributed by atoms with van der Waals surface area (Å²) < 4.78 is 5.13. The Kier molecular flexibility index (Phi) is 5.26. The zero-order chi connectivity index (χ0) is 7.98. The van der Waals surface area contributed by atoms with Crippen molar-refractivity contribution in [3.05, 3.63) is 11.6 Å². The maximum Gasteiger partial charge on any atom is 0.0653 e. The molecule has 0 aromatic carbocycles. The van der Waals surface area contributed by atoms with E-state index < -0.39 is 0 Å². The van der Waals surface area contributed by atoms with E-state index in [9.17, 15) is 0 Å². The van der Waals surface area contributed by atoms with E-state index in [0.717, 1.165) is 6.61 Å². The molecule has 0 bridgehead atoms. The molecule has 0 fully saturated rings. The number of allylic oxidation sites excluding steroid dienone is 1. The average molecular weight is 143 g/mol. The quantitative estimate of drug-likeness (QED) is 0.602. The molecular weight excluding hydrogens is 126 g/mol. The van der Waals surface area contributed by atoms with Crippen LogP contribution in [-0.4, -0.2) is 19.3 Å². The molecule has 10 heavy (non-hydrogen) atoms. The van der Waals surface area contributed by atoms with Crippen molar-refractivity contribution in [2.75, 3.05) is 13.2 Å². The fourth-order valence-corrected chi connectivity index (χ4v) is 0.730. The van der Waals surface area contributed by atoms with E-state index in [1.807, 2.05) is 26.8 Å². The van der Waals surface area contributed by atoms with Gasteiger partial charge in [-0.25, -0.2) is 0 Å². The molecule has 0 aliphatic carbocycles. The van der Waals surface area contributed by atoms with E-state index in [0.29, 0.717) is 6.61 Å². The zero-order valence-electron chi connectivity index (χ0n) is 7.05. The lowest BCUT2D eigenvalue weighted by molar-refractivity contribution is 0.142. The molecule has 2 nitrogen and oxygen atoms in total. The Morgan fingerprint density at radius 1 is 1.60 bits per heavy atom. The van der Waals surface area contributed by atoms with Crippen LogP contribution in [-0.2, 0) is 4.74 Å². The number of nitrogens with two attached hydrogens (primary N) is 1. The highest BCUT2D eigenvalue weighted by Crippen LogP contribution is 1.92. The average Bonchev–Trinajstić information content (AvgIpc) is 1.82. The molecule has 0 saturated carbocycles. The molecule has 1 atom stereocenters. The van der Waals surface area contributed by atoms with Gasteiger partial charge in [0.25, 0.3) is 0 Å². The molecule has 0 aromatic heterocycles. The van der Waals surface area contributed by atoms with E-state index in [1.165, 1.54) is 5.57 Å². The van der Waals surface area contributed by atoms with Gasteiger partial charge < -0.3 is 10.5 Å². The van der Waals surface area contributed by atoms with Gasteiger partial charge in [-0.05, 0) is 20.8 Å². The van der Waals surface area contributed by atoms with Crippen LogP contribution in [0.5, 0.6) is 0 Å². The normalized spacial score (nSPS) is 12.8. The van der Waals surface area contributed by atoms with Gasteiger partial charge in [0.15, 0.2) is 0 Å².